The second kappa shape index (κ2) is 5.92. The van der Waals surface area contributed by atoms with E-state index >= 15 is 0 Å². The highest BCUT2D eigenvalue weighted by Crippen LogP contribution is 2.27. The maximum atomic E-state index is 5.92. The first kappa shape index (κ1) is 13.1. The van der Waals surface area contributed by atoms with Crippen LogP contribution in [0.3, 0.4) is 0 Å². The van der Waals surface area contributed by atoms with E-state index in [1.807, 2.05) is 19.1 Å². The van der Waals surface area contributed by atoms with Crippen molar-refractivity contribution < 1.29 is 4.74 Å². The van der Waals surface area contributed by atoms with Crippen LogP contribution in [0.2, 0.25) is 5.02 Å². The number of ether oxygens (including phenoxy) is 1. The molecule has 2 nitrogen and oxygen atoms in total. The first-order valence-electron chi connectivity index (χ1n) is 5.39. The van der Waals surface area contributed by atoms with Crippen LogP contribution in [0.1, 0.15) is 31.9 Å². The lowest BCUT2D eigenvalue weighted by molar-refractivity contribution is 0.343. The highest BCUT2D eigenvalue weighted by atomic mass is 35.5. The van der Waals surface area contributed by atoms with E-state index in [4.69, 9.17) is 22.1 Å². The van der Waals surface area contributed by atoms with Gasteiger partial charge in [0.2, 0.25) is 0 Å². The van der Waals surface area contributed by atoms with Crippen LogP contribution >= 0.6 is 11.6 Å². The van der Waals surface area contributed by atoms with Gasteiger partial charge >= 0.3 is 0 Å². The molecular weight excluding hydrogens is 222 g/mol. The van der Waals surface area contributed by atoms with Crippen molar-refractivity contribution in [2.45, 2.75) is 26.3 Å². The van der Waals surface area contributed by atoms with Crippen molar-refractivity contribution in [3.05, 3.63) is 40.9 Å². The molecule has 0 aliphatic carbocycles. The monoisotopic (exact) mass is 239 g/mol. The van der Waals surface area contributed by atoms with Gasteiger partial charge in [-0.15, -0.1) is 0 Å². The molecular formula is C13H18ClNO. The van der Waals surface area contributed by atoms with Crippen molar-refractivity contribution in [3.8, 4) is 5.75 Å². The van der Waals surface area contributed by atoms with Crippen molar-refractivity contribution >= 4 is 11.6 Å². The summed E-state index contributed by atoms with van der Waals surface area (Å²) in [5, 5.41) is 0.675. The summed E-state index contributed by atoms with van der Waals surface area (Å²) in [6, 6.07) is 5.40. The average molecular weight is 240 g/mol. The molecule has 0 saturated carbocycles. The van der Waals surface area contributed by atoms with E-state index in [1.54, 1.807) is 6.07 Å². The molecule has 0 bridgehead atoms. The van der Waals surface area contributed by atoms with Gasteiger partial charge in [-0.2, -0.15) is 0 Å². The zero-order valence-electron chi connectivity index (χ0n) is 9.79. The van der Waals surface area contributed by atoms with E-state index in [2.05, 4.69) is 13.5 Å². The van der Waals surface area contributed by atoms with Crippen LogP contribution in [0, 0.1) is 0 Å². The Bertz CT molecular complexity index is 374. The van der Waals surface area contributed by atoms with E-state index in [0.29, 0.717) is 11.6 Å². The van der Waals surface area contributed by atoms with E-state index in [-0.39, 0.29) is 6.04 Å². The van der Waals surface area contributed by atoms with Crippen molar-refractivity contribution in [2.75, 3.05) is 6.61 Å². The molecule has 1 aromatic rings. The Balaban J connectivity index is 2.82. The third kappa shape index (κ3) is 3.54. The van der Waals surface area contributed by atoms with E-state index in [1.165, 1.54) is 0 Å². The van der Waals surface area contributed by atoms with Crippen molar-refractivity contribution in [1.82, 2.24) is 0 Å². The SMILES string of the molecule is C=C(CC)COc1ccc(Cl)cc1[C@H](C)N. The van der Waals surface area contributed by atoms with Gasteiger partial charge in [0, 0.05) is 16.6 Å². The summed E-state index contributed by atoms with van der Waals surface area (Å²) < 4.78 is 5.67. The highest BCUT2D eigenvalue weighted by molar-refractivity contribution is 6.30. The third-order valence-corrected chi connectivity index (χ3v) is 2.63. The largest absolute Gasteiger partial charge is 0.489 e. The molecule has 3 heteroatoms. The fourth-order valence-corrected chi connectivity index (χ4v) is 1.47. The molecule has 0 aliphatic rings. The predicted octanol–water partition coefficient (Wildman–Crippen LogP) is 3.70. The first-order chi connectivity index (χ1) is 7.54. The molecule has 0 heterocycles. The van der Waals surface area contributed by atoms with Crippen LogP contribution in [0.4, 0.5) is 0 Å². The summed E-state index contributed by atoms with van der Waals surface area (Å²) in [5.41, 5.74) is 7.85. The number of hydrogen-bond acceptors (Lipinski definition) is 2. The summed E-state index contributed by atoms with van der Waals surface area (Å²) >= 11 is 5.92. The normalized spacial score (nSPS) is 12.2. The quantitative estimate of drug-likeness (QED) is 0.796. The molecule has 1 atom stereocenters. The van der Waals surface area contributed by atoms with E-state index < -0.39 is 0 Å². The Labute approximate surface area is 102 Å². The summed E-state index contributed by atoms with van der Waals surface area (Å²) in [6.45, 7) is 8.39. The molecule has 0 radical (unpaired) electrons. The van der Waals surface area contributed by atoms with Crippen LogP contribution in [0.25, 0.3) is 0 Å². The minimum absolute atomic E-state index is 0.0939. The second-order valence-corrected chi connectivity index (χ2v) is 4.30. The maximum Gasteiger partial charge on any atom is 0.124 e. The molecule has 0 saturated heterocycles. The predicted molar refractivity (Wildman–Crippen MR) is 69.0 cm³/mol. The Morgan fingerprint density at radius 3 is 2.81 bits per heavy atom. The lowest BCUT2D eigenvalue weighted by atomic mass is 10.1. The summed E-state index contributed by atoms with van der Waals surface area (Å²) in [4.78, 5) is 0. The standard InChI is InChI=1S/C13H18ClNO/c1-4-9(2)8-16-13-6-5-11(14)7-12(13)10(3)15/h5-7,10H,2,4,8,15H2,1,3H3/t10-/m0/s1. The Morgan fingerprint density at radius 1 is 1.56 bits per heavy atom. The molecule has 0 unspecified atom stereocenters. The molecule has 0 aromatic heterocycles. The fraction of sp³-hybridized carbons (Fsp3) is 0.385. The lowest BCUT2D eigenvalue weighted by Gasteiger charge is -2.14. The van der Waals surface area contributed by atoms with Gasteiger partial charge in [-0.1, -0.05) is 25.1 Å². The minimum atomic E-state index is -0.0939. The zero-order chi connectivity index (χ0) is 12.1. The van der Waals surface area contributed by atoms with Crippen LogP contribution in [-0.2, 0) is 0 Å². The number of halogens is 1. The van der Waals surface area contributed by atoms with Gasteiger partial charge in [-0.3, -0.25) is 0 Å². The molecule has 1 aromatic carbocycles. The van der Waals surface area contributed by atoms with Gasteiger partial charge in [0.25, 0.3) is 0 Å². The first-order valence-corrected chi connectivity index (χ1v) is 5.76. The summed E-state index contributed by atoms with van der Waals surface area (Å²) in [7, 11) is 0. The second-order valence-electron chi connectivity index (χ2n) is 3.86. The topological polar surface area (TPSA) is 35.2 Å². The number of hydrogen-bond donors (Lipinski definition) is 1. The Hall–Kier alpha value is -0.990. The van der Waals surface area contributed by atoms with E-state index in [9.17, 15) is 0 Å². The number of rotatable bonds is 5. The van der Waals surface area contributed by atoms with Crippen LogP contribution < -0.4 is 10.5 Å². The maximum absolute atomic E-state index is 5.92. The minimum Gasteiger partial charge on any atom is -0.489 e. The van der Waals surface area contributed by atoms with Gasteiger partial charge in [-0.05, 0) is 37.1 Å². The van der Waals surface area contributed by atoms with Crippen LogP contribution in [-0.4, -0.2) is 6.61 Å². The molecule has 0 amide bonds. The molecule has 0 fully saturated rings. The Kier molecular flexibility index (Phi) is 4.84. The van der Waals surface area contributed by atoms with Gasteiger partial charge in [0.1, 0.15) is 12.4 Å². The highest BCUT2D eigenvalue weighted by Gasteiger charge is 2.09. The smallest absolute Gasteiger partial charge is 0.124 e. The fourth-order valence-electron chi connectivity index (χ4n) is 1.29. The van der Waals surface area contributed by atoms with Crippen molar-refractivity contribution in [1.29, 1.82) is 0 Å². The van der Waals surface area contributed by atoms with Gasteiger partial charge in [0.15, 0.2) is 0 Å². The molecule has 2 N–H and O–H groups in total. The molecule has 0 spiro atoms. The Morgan fingerprint density at radius 2 is 2.25 bits per heavy atom. The van der Waals surface area contributed by atoms with Gasteiger partial charge < -0.3 is 10.5 Å². The molecule has 88 valence electrons. The summed E-state index contributed by atoms with van der Waals surface area (Å²) in [5.74, 6) is 0.786. The zero-order valence-corrected chi connectivity index (χ0v) is 10.6. The molecule has 0 aliphatic heterocycles. The number of benzene rings is 1. The van der Waals surface area contributed by atoms with E-state index in [0.717, 1.165) is 23.3 Å². The molecule has 16 heavy (non-hydrogen) atoms. The summed E-state index contributed by atoms with van der Waals surface area (Å²) in [6.07, 6.45) is 0.918. The van der Waals surface area contributed by atoms with Crippen molar-refractivity contribution in [3.63, 3.8) is 0 Å². The van der Waals surface area contributed by atoms with Crippen LogP contribution in [0.5, 0.6) is 5.75 Å². The third-order valence-electron chi connectivity index (χ3n) is 2.39. The van der Waals surface area contributed by atoms with Crippen LogP contribution in [0.15, 0.2) is 30.4 Å². The van der Waals surface area contributed by atoms with Crippen molar-refractivity contribution in [2.24, 2.45) is 5.73 Å². The molecule has 1 rings (SSSR count). The average Bonchev–Trinajstić information content (AvgIpc) is 2.26. The van der Waals surface area contributed by atoms with Gasteiger partial charge in [0.05, 0.1) is 0 Å². The lowest BCUT2D eigenvalue weighted by Crippen LogP contribution is -2.09. The number of nitrogens with two attached hydrogens (primary N) is 1. The van der Waals surface area contributed by atoms with Gasteiger partial charge in [-0.25, -0.2) is 0 Å².